The third-order valence-corrected chi connectivity index (χ3v) is 4.51. The van der Waals surface area contributed by atoms with Crippen LogP contribution in [0.4, 0.5) is 5.69 Å². The minimum atomic E-state index is -3.48. The Morgan fingerprint density at radius 1 is 1.22 bits per heavy atom. The first-order valence-electron chi connectivity index (χ1n) is 6.33. The van der Waals surface area contributed by atoms with Crippen LogP contribution >= 0.6 is 0 Å². The third-order valence-electron chi connectivity index (χ3n) is 2.83. The average molecular weight is 270 g/mol. The molecule has 0 saturated carbocycles. The Hall–Kier alpha value is -1.07. The van der Waals surface area contributed by atoms with Crippen molar-refractivity contribution in [1.29, 1.82) is 0 Å². The van der Waals surface area contributed by atoms with Gasteiger partial charge in [-0.1, -0.05) is 38.3 Å². The van der Waals surface area contributed by atoms with E-state index in [1.807, 2.05) is 0 Å². The molecule has 0 atom stereocenters. The molecule has 1 aromatic carbocycles. The molecule has 0 aliphatic rings. The predicted molar refractivity (Wildman–Crippen MR) is 74.9 cm³/mol. The lowest BCUT2D eigenvalue weighted by atomic mass is 10.2. The molecule has 102 valence electrons. The van der Waals surface area contributed by atoms with E-state index in [-0.39, 0.29) is 4.90 Å². The maximum atomic E-state index is 12.1. The summed E-state index contributed by atoms with van der Waals surface area (Å²) < 4.78 is 26.8. The molecule has 0 radical (unpaired) electrons. The lowest BCUT2D eigenvalue weighted by Crippen LogP contribution is -2.26. The van der Waals surface area contributed by atoms with Gasteiger partial charge in [0.1, 0.15) is 4.90 Å². The van der Waals surface area contributed by atoms with Gasteiger partial charge in [0.15, 0.2) is 0 Å². The molecule has 0 bridgehead atoms. The fourth-order valence-electron chi connectivity index (χ4n) is 1.87. The van der Waals surface area contributed by atoms with Crippen LogP contribution < -0.4 is 10.5 Å². The predicted octanol–water partition coefficient (Wildman–Crippen LogP) is 2.44. The Balaban J connectivity index is 2.69. The molecule has 0 aliphatic heterocycles. The zero-order valence-corrected chi connectivity index (χ0v) is 11.9. The van der Waals surface area contributed by atoms with Gasteiger partial charge in [-0.3, -0.25) is 0 Å². The second-order valence-corrected chi connectivity index (χ2v) is 6.16. The van der Waals surface area contributed by atoms with Crippen LogP contribution in [0.5, 0.6) is 0 Å². The van der Waals surface area contributed by atoms with E-state index in [9.17, 15) is 8.42 Å². The van der Waals surface area contributed by atoms with E-state index in [4.69, 9.17) is 5.73 Å². The van der Waals surface area contributed by atoms with Crippen molar-refractivity contribution in [3.05, 3.63) is 23.8 Å². The molecule has 1 rings (SSSR count). The van der Waals surface area contributed by atoms with E-state index in [1.165, 1.54) is 0 Å². The van der Waals surface area contributed by atoms with Crippen molar-refractivity contribution in [2.45, 2.75) is 44.4 Å². The smallest absolute Gasteiger partial charge is 0.242 e. The van der Waals surface area contributed by atoms with Crippen LogP contribution in [0.15, 0.2) is 23.1 Å². The van der Waals surface area contributed by atoms with Crippen LogP contribution in [0.1, 0.15) is 38.2 Å². The van der Waals surface area contributed by atoms with Gasteiger partial charge in [0.05, 0.1) is 5.69 Å². The molecular formula is C13H22N2O2S. The van der Waals surface area contributed by atoms with Crippen LogP contribution in [0.25, 0.3) is 0 Å². The highest BCUT2D eigenvalue weighted by atomic mass is 32.2. The first-order chi connectivity index (χ1) is 8.49. The van der Waals surface area contributed by atoms with E-state index in [0.717, 1.165) is 25.7 Å². The quantitative estimate of drug-likeness (QED) is 0.590. The molecular weight excluding hydrogens is 248 g/mol. The molecule has 0 amide bonds. The molecule has 0 unspecified atom stereocenters. The van der Waals surface area contributed by atoms with Gasteiger partial charge in [-0.05, 0) is 25.0 Å². The third kappa shape index (κ3) is 3.99. The van der Waals surface area contributed by atoms with E-state index >= 15 is 0 Å². The standard InChI is InChI=1S/C13H22N2O2S/c1-3-4-5-6-10-15-18(16,17)13-11(2)8-7-9-12(13)14/h7-9,15H,3-6,10,14H2,1-2H3. The summed E-state index contributed by atoms with van der Waals surface area (Å²) in [6.07, 6.45) is 4.17. The summed E-state index contributed by atoms with van der Waals surface area (Å²) in [5.74, 6) is 0. The Bertz CT molecular complexity index is 464. The van der Waals surface area contributed by atoms with Gasteiger partial charge in [0.2, 0.25) is 10.0 Å². The summed E-state index contributed by atoms with van der Waals surface area (Å²) in [5.41, 5.74) is 6.72. The van der Waals surface area contributed by atoms with Crippen LogP contribution in [0.2, 0.25) is 0 Å². The Morgan fingerprint density at radius 2 is 1.94 bits per heavy atom. The molecule has 5 heteroatoms. The van der Waals surface area contributed by atoms with Gasteiger partial charge in [-0.2, -0.15) is 0 Å². The lowest BCUT2D eigenvalue weighted by molar-refractivity contribution is 0.573. The second kappa shape index (κ2) is 6.75. The van der Waals surface area contributed by atoms with E-state index in [0.29, 0.717) is 17.8 Å². The van der Waals surface area contributed by atoms with Crippen LogP contribution in [0.3, 0.4) is 0 Å². The number of anilines is 1. The highest BCUT2D eigenvalue weighted by Crippen LogP contribution is 2.21. The van der Waals surface area contributed by atoms with Crippen molar-refractivity contribution < 1.29 is 8.42 Å². The highest BCUT2D eigenvalue weighted by molar-refractivity contribution is 7.89. The van der Waals surface area contributed by atoms with Gasteiger partial charge in [0.25, 0.3) is 0 Å². The van der Waals surface area contributed by atoms with Gasteiger partial charge < -0.3 is 5.73 Å². The summed E-state index contributed by atoms with van der Waals surface area (Å²) in [5, 5.41) is 0. The topological polar surface area (TPSA) is 72.2 Å². The number of rotatable bonds is 7. The molecule has 0 spiro atoms. The van der Waals surface area contributed by atoms with Crippen molar-refractivity contribution >= 4 is 15.7 Å². The number of benzene rings is 1. The zero-order valence-electron chi connectivity index (χ0n) is 11.1. The molecule has 0 heterocycles. The van der Waals surface area contributed by atoms with Crippen molar-refractivity contribution in [3.8, 4) is 0 Å². The Labute approximate surface area is 110 Å². The SMILES string of the molecule is CCCCCCNS(=O)(=O)c1c(C)cccc1N. The van der Waals surface area contributed by atoms with Gasteiger partial charge in [0, 0.05) is 6.54 Å². The van der Waals surface area contributed by atoms with Crippen LogP contribution in [-0.2, 0) is 10.0 Å². The van der Waals surface area contributed by atoms with E-state index in [1.54, 1.807) is 25.1 Å². The van der Waals surface area contributed by atoms with E-state index in [2.05, 4.69) is 11.6 Å². The van der Waals surface area contributed by atoms with Crippen LogP contribution in [-0.4, -0.2) is 15.0 Å². The number of aryl methyl sites for hydroxylation is 1. The zero-order chi connectivity index (χ0) is 13.6. The van der Waals surface area contributed by atoms with Crippen LogP contribution in [0, 0.1) is 6.92 Å². The molecule has 3 N–H and O–H groups in total. The highest BCUT2D eigenvalue weighted by Gasteiger charge is 2.18. The summed E-state index contributed by atoms with van der Waals surface area (Å²) in [6, 6.07) is 5.12. The van der Waals surface area contributed by atoms with Crippen molar-refractivity contribution in [3.63, 3.8) is 0 Å². The molecule has 0 saturated heterocycles. The van der Waals surface area contributed by atoms with Gasteiger partial charge >= 0.3 is 0 Å². The number of sulfonamides is 1. The lowest BCUT2D eigenvalue weighted by Gasteiger charge is -2.11. The largest absolute Gasteiger partial charge is 0.398 e. The summed E-state index contributed by atoms with van der Waals surface area (Å²) in [6.45, 7) is 4.34. The summed E-state index contributed by atoms with van der Waals surface area (Å²) >= 11 is 0. The number of hydrogen-bond acceptors (Lipinski definition) is 3. The minimum absolute atomic E-state index is 0.209. The fourth-order valence-corrected chi connectivity index (χ4v) is 3.30. The molecule has 0 aromatic heterocycles. The number of hydrogen-bond donors (Lipinski definition) is 2. The van der Waals surface area contributed by atoms with Gasteiger partial charge in [-0.15, -0.1) is 0 Å². The van der Waals surface area contributed by atoms with Crippen molar-refractivity contribution in [1.82, 2.24) is 4.72 Å². The number of nitrogens with two attached hydrogens (primary N) is 1. The maximum absolute atomic E-state index is 12.1. The maximum Gasteiger partial charge on any atom is 0.242 e. The van der Waals surface area contributed by atoms with Crippen molar-refractivity contribution in [2.75, 3.05) is 12.3 Å². The Kier molecular flexibility index (Phi) is 5.62. The normalized spacial score (nSPS) is 11.7. The van der Waals surface area contributed by atoms with Crippen molar-refractivity contribution in [2.24, 2.45) is 0 Å². The summed E-state index contributed by atoms with van der Waals surface area (Å²) in [7, 11) is -3.48. The fraction of sp³-hybridized carbons (Fsp3) is 0.538. The van der Waals surface area contributed by atoms with Gasteiger partial charge in [-0.25, -0.2) is 13.1 Å². The number of nitrogens with one attached hydrogen (secondary N) is 1. The minimum Gasteiger partial charge on any atom is -0.398 e. The van der Waals surface area contributed by atoms with E-state index < -0.39 is 10.0 Å². The molecule has 0 aliphatic carbocycles. The first kappa shape index (κ1) is 15.0. The first-order valence-corrected chi connectivity index (χ1v) is 7.82. The Morgan fingerprint density at radius 3 is 2.56 bits per heavy atom. The second-order valence-electron chi connectivity index (χ2n) is 4.45. The monoisotopic (exact) mass is 270 g/mol. The molecule has 18 heavy (non-hydrogen) atoms. The number of unbranched alkanes of at least 4 members (excludes halogenated alkanes) is 3. The summed E-state index contributed by atoms with van der Waals surface area (Å²) in [4.78, 5) is 0.209. The molecule has 1 aromatic rings. The number of nitrogen functional groups attached to an aromatic ring is 1. The average Bonchev–Trinajstić information content (AvgIpc) is 2.28. The molecule has 0 fully saturated rings. The molecule has 4 nitrogen and oxygen atoms in total.